The van der Waals surface area contributed by atoms with E-state index in [2.05, 4.69) is 4.98 Å². The van der Waals surface area contributed by atoms with Crippen LogP contribution in [0.3, 0.4) is 0 Å². The number of hydrogen-bond donors (Lipinski definition) is 1. The Morgan fingerprint density at radius 3 is 2.65 bits per heavy atom. The first kappa shape index (κ1) is 23.0. The number of halogens is 2. The van der Waals surface area contributed by atoms with Crippen LogP contribution in [0.2, 0.25) is 5.02 Å². The van der Waals surface area contributed by atoms with Crippen LogP contribution in [0.4, 0.5) is 10.2 Å². The number of fused-ring (bicyclic) bond motifs is 1. The Morgan fingerprint density at radius 2 is 2.06 bits per heavy atom. The number of amides is 1. The van der Waals surface area contributed by atoms with Crippen molar-refractivity contribution in [3.63, 3.8) is 0 Å². The number of nitrogens with zero attached hydrogens (tertiary/aromatic N) is 4. The number of benzene rings is 1. The Balaban J connectivity index is 2.39. The topological polar surface area (TPSA) is 85.8 Å². The number of imidazole rings is 1. The summed E-state index contributed by atoms with van der Waals surface area (Å²) in [4.78, 5) is 23.1. The monoisotopic (exact) mass is 463 g/mol. The highest BCUT2D eigenvalue weighted by Crippen LogP contribution is 2.42. The fourth-order valence-electron chi connectivity index (χ4n) is 3.65. The first-order valence-corrected chi connectivity index (χ1v) is 11.3. The molecule has 0 saturated heterocycles. The lowest BCUT2D eigenvalue weighted by Gasteiger charge is -2.30. The fraction of sp³-hybridized carbons (Fsp3) is 0.381. The summed E-state index contributed by atoms with van der Waals surface area (Å²) in [5.74, 6) is -0.0675. The highest BCUT2D eigenvalue weighted by molar-refractivity contribution is 6.31. The van der Waals surface area contributed by atoms with Gasteiger partial charge in [-0.05, 0) is 26.8 Å². The number of anilines is 1. The highest BCUT2D eigenvalue weighted by atomic mass is 35.5. The molecule has 0 spiro atoms. The van der Waals surface area contributed by atoms with Gasteiger partial charge in [-0.3, -0.25) is 9.20 Å². The van der Waals surface area contributed by atoms with Crippen molar-refractivity contribution in [3.8, 4) is 5.75 Å². The van der Waals surface area contributed by atoms with E-state index in [0.717, 1.165) is 5.69 Å². The van der Waals surface area contributed by atoms with E-state index < -0.39 is 16.8 Å². The van der Waals surface area contributed by atoms with Gasteiger partial charge in [-0.2, -0.15) is 0 Å². The van der Waals surface area contributed by atoms with Gasteiger partial charge >= 0.3 is 0 Å². The number of hydrogen-bond acceptors (Lipinski definition) is 5. The van der Waals surface area contributed by atoms with Crippen molar-refractivity contribution in [1.29, 1.82) is 0 Å². The van der Waals surface area contributed by atoms with Gasteiger partial charge < -0.3 is 15.4 Å². The molecule has 2 aromatic heterocycles. The molecule has 166 valence electrons. The van der Waals surface area contributed by atoms with Crippen LogP contribution in [-0.4, -0.2) is 55.6 Å². The molecule has 10 heteroatoms. The number of rotatable bonds is 5. The molecular weight excluding hydrogens is 437 g/mol. The van der Waals surface area contributed by atoms with Gasteiger partial charge in [-0.1, -0.05) is 18.5 Å². The molecule has 1 aromatic carbocycles. The molecule has 0 unspecified atom stereocenters. The molecule has 2 heterocycles. The van der Waals surface area contributed by atoms with Crippen LogP contribution < -0.4 is 10.5 Å². The summed E-state index contributed by atoms with van der Waals surface area (Å²) >= 11 is 6.28. The molecule has 0 aliphatic heterocycles. The Hall–Kier alpha value is -2.65. The van der Waals surface area contributed by atoms with E-state index in [1.165, 1.54) is 11.0 Å². The zero-order valence-electron chi connectivity index (χ0n) is 18.7. The van der Waals surface area contributed by atoms with Crippen LogP contribution in [0.5, 0.6) is 5.75 Å². The fourth-order valence-corrected chi connectivity index (χ4v) is 4.58. The average molecular weight is 464 g/mol. The number of nitrogens with two attached hydrogens (primary N) is 1. The van der Waals surface area contributed by atoms with Crippen LogP contribution in [0.1, 0.15) is 48.2 Å². The lowest BCUT2D eigenvalue weighted by atomic mass is 9.94. The molecule has 7 nitrogen and oxygen atoms in total. The summed E-state index contributed by atoms with van der Waals surface area (Å²) in [5.41, 5.74) is 7.95. The van der Waals surface area contributed by atoms with Gasteiger partial charge in [0.15, 0.2) is 5.82 Å². The van der Waals surface area contributed by atoms with E-state index >= 15 is 4.39 Å². The minimum Gasteiger partial charge on any atom is -0.490 e. The predicted molar refractivity (Wildman–Crippen MR) is 124 cm³/mol. The quantitative estimate of drug-likeness (QED) is 0.587. The van der Waals surface area contributed by atoms with Gasteiger partial charge in [-0.15, -0.1) is 0 Å². The average Bonchev–Trinajstić information content (AvgIpc) is 3.02. The third kappa shape index (κ3) is 3.87. The predicted octanol–water partition coefficient (Wildman–Crippen LogP) is 2.53. The lowest BCUT2D eigenvalue weighted by molar-refractivity contribution is 0.0816. The van der Waals surface area contributed by atoms with E-state index in [4.69, 9.17) is 27.1 Å². The number of nitrogen functional groups attached to an aromatic ring is 1. The summed E-state index contributed by atoms with van der Waals surface area (Å²) in [6, 6.07) is 1.54. The van der Waals surface area contributed by atoms with Crippen LogP contribution in [0.25, 0.3) is 5.52 Å². The summed E-state index contributed by atoms with van der Waals surface area (Å²) < 4.78 is 23.0. The molecule has 1 amide bonds. The lowest BCUT2D eigenvalue weighted by Crippen LogP contribution is -2.31. The standard InChI is InChI=1S/C21H27ClFN5O2Si/c1-10(2)30-17-12(9-13(22)15(23)14(17)19(29)27(5)6)21(4,31)20-26-11(3)16-18(24)25-7-8-28(16)20/h7-10H,1-6,31H3,(H2,24,25)/t21-/m0/s1. The molecule has 0 saturated carbocycles. The van der Waals surface area contributed by atoms with E-state index in [1.807, 2.05) is 32.1 Å². The Morgan fingerprint density at radius 1 is 1.42 bits per heavy atom. The van der Waals surface area contributed by atoms with Crippen molar-refractivity contribution in [3.05, 3.63) is 51.9 Å². The minimum atomic E-state index is -0.796. The second-order valence-corrected chi connectivity index (χ2v) is 10.9. The third-order valence-electron chi connectivity index (χ3n) is 5.14. The van der Waals surface area contributed by atoms with Gasteiger partial charge in [0.2, 0.25) is 0 Å². The van der Waals surface area contributed by atoms with Crippen LogP contribution in [-0.2, 0) is 5.04 Å². The number of ether oxygens (including phenoxy) is 1. The second kappa shape index (κ2) is 8.12. The summed E-state index contributed by atoms with van der Waals surface area (Å²) in [6.07, 6.45) is 3.11. The van der Waals surface area contributed by atoms with Crippen LogP contribution >= 0.6 is 11.6 Å². The normalized spacial score (nSPS) is 13.6. The molecule has 1 atom stereocenters. The van der Waals surface area contributed by atoms with Gasteiger partial charge in [0.05, 0.1) is 16.8 Å². The van der Waals surface area contributed by atoms with E-state index in [9.17, 15) is 4.79 Å². The molecule has 0 bridgehead atoms. The maximum Gasteiger partial charge on any atom is 0.260 e. The van der Waals surface area contributed by atoms with Crippen molar-refractivity contribution in [2.75, 3.05) is 19.8 Å². The Labute approximate surface area is 188 Å². The number of aromatic nitrogens is 3. The van der Waals surface area contributed by atoms with Gasteiger partial charge in [0, 0.05) is 47.3 Å². The van der Waals surface area contributed by atoms with Gasteiger partial charge in [0.25, 0.3) is 5.91 Å². The van der Waals surface area contributed by atoms with Crippen LogP contribution in [0, 0.1) is 12.7 Å². The van der Waals surface area contributed by atoms with E-state index in [0.29, 0.717) is 33.0 Å². The smallest absolute Gasteiger partial charge is 0.260 e. The number of carbonyl (C=O) groups is 1. The number of aryl methyl sites for hydroxylation is 1. The van der Waals surface area contributed by atoms with Crippen molar-refractivity contribution in [2.24, 2.45) is 0 Å². The summed E-state index contributed by atoms with van der Waals surface area (Å²) in [6.45, 7) is 7.49. The minimum absolute atomic E-state index is 0.142. The molecule has 3 aromatic rings. The van der Waals surface area contributed by atoms with Crippen molar-refractivity contribution in [2.45, 2.75) is 38.8 Å². The maximum absolute atomic E-state index is 15.1. The van der Waals surface area contributed by atoms with Crippen LogP contribution in [0.15, 0.2) is 18.5 Å². The molecule has 0 aliphatic rings. The van der Waals surface area contributed by atoms with Crippen molar-refractivity contribution < 1.29 is 13.9 Å². The van der Waals surface area contributed by atoms with E-state index in [-0.39, 0.29) is 22.4 Å². The number of carbonyl (C=O) groups excluding carboxylic acids is 1. The molecular formula is C21H27ClFN5O2Si. The zero-order valence-corrected chi connectivity index (χ0v) is 21.5. The molecule has 31 heavy (non-hydrogen) atoms. The van der Waals surface area contributed by atoms with Gasteiger partial charge in [0.1, 0.15) is 28.5 Å². The third-order valence-corrected chi connectivity index (χ3v) is 6.40. The molecule has 0 aliphatic carbocycles. The largest absolute Gasteiger partial charge is 0.490 e. The highest BCUT2D eigenvalue weighted by Gasteiger charge is 2.37. The summed E-state index contributed by atoms with van der Waals surface area (Å²) in [5, 5.41) is -0.828. The molecule has 0 radical (unpaired) electrons. The second-order valence-electron chi connectivity index (χ2n) is 8.47. The van der Waals surface area contributed by atoms with Crippen molar-refractivity contribution >= 4 is 39.1 Å². The maximum atomic E-state index is 15.1. The molecule has 2 N–H and O–H groups in total. The molecule has 0 fully saturated rings. The summed E-state index contributed by atoms with van der Waals surface area (Å²) in [7, 11) is 3.67. The molecule has 3 rings (SSSR count). The SMILES string of the molecule is Cc1nc([C@@](C)([SiH3])c2cc(Cl)c(F)c(C(=O)N(C)C)c2OC(C)C)n2ccnc(N)c12. The first-order chi connectivity index (χ1) is 14.4. The van der Waals surface area contributed by atoms with E-state index in [1.54, 1.807) is 26.5 Å². The first-order valence-electron chi connectivity index (χ1n) is 9.88. The Bertz CT molecular complexity index is 1180. The zero-order chi connectivity index (χ0) is 23.2. The van der Waals surface area contributed by atoms with Crippen molar-refractivity contribution in [1.82, 2.24) is 19.3 Å². The Kier molecular flexibility index (Phi) is 6.03. The van der Waals surface area contributed by atoms with Gasteiger partial charge in [-0.25, -0.2) is 14.4 Å².